The fraction of sp³-hybridized carbons (Fsp3) is 0.167. The first-order valence-electron chi connectivity index (χ1n) is 7.65. The molecule has 1 N–H and O–H groups in total. The van der Waals surface area contributed by atoms with Crippen molar-refractivity contribution in [1.29, 1.82) is 0 Å². The lowest BCUT2D eigenvalue weighted by Crippen LogP contribution is -2.24. The third-order valence-corrected chi connectivity index (χ3v) is 3.80. The van der Waals surface area contributed by atoms with Gasteiger partial charge in [0.1, 0.15) is 23.0 Å². The summed E-state index contributed by atoms with van der Waals surface area (Å²) in [6.45, 7) is 3.83. The molecule has 0 radical (unpaired) electrons. The van der Waals surface area contributed by atoms with Crippen LogP contribution in [0.2, 0.25) is 0 Å². The number of anilines is 1. The molecule has 0 saturated heterocycles. The molecule has 0 aliphatic rings. The number of ketones is 1. The molecule has 128 valence electrons. The van der Waals surface area contributed by atoms with Crippen LogP contribution in [0.15, 0.2) is 42.7 Å². The number of rotatable bonds is 4. The fourth-order valence-electron chi connectivity index (χ4n) is 2.57. The topological polar surface area (TPSA) is 64.0 Å². The van der Waals surface area contributed by atoms with Crippen molar-refractivity contribution < 1.29 is 18.4 Å². The summed E-state index contributed by atoms with van der Waals surface area (Å²) in [6, 6.07) is 6.51. The van der Waals surface area contributed by atoms with Gasteiger partial charge in [0.2, 0.25) is 0 Å². The molecule has 0 aliphatic heterocycles. The van der Waals surface area contributed by atoms with Gasteiger partial charge in [0, 0.05) is 23.8 Å². The van der Waals surface area contributed by atoms with Gasteiger partial charge in [-0.1, -0.05) is 6.07 Å². The number of Topliss-reactive ketones (excluding diaryl/α,β-unsaturated/α-hetero) is 1. The number of nitrogens with zero attached hydrogens (tertiary/aromatic N) is 2. The Morgan fingerprint density at radius 2 is 1.80 bits per heavy atom. The average Bonchev–Trinajstić information content (AvgIpc) is 2.97. The molecule has 25 heavy (non-hydrogen) atoms. The quantitative estimate of drug-likeness (QED) is 0.580. The second kappa shape index (κ2) is 6.43. The van der Waals surface area contributed by atoms with Gasteiger partial charge in [0.25, 0.3) is 11.7 Å². The molecule has 0 unspecified atom stereocenters. The molecule has 0 fully saturated rings. The maximum Gasteiger partial charge on any atom is 0.297 e. The van der Waals surface area contributed by atoms with Crippen molar-refractivity contribution in [2.45, 2.75) is 19.9 Å². The second-order valence-electron chi connectivity index (χ2n) is 5.80. The predicted molar refractivity (Wildman–Crippen MR) is 89.4 cm³/mol. The summed E-state index contributed by atoms with van der Waals surface area (Å²) >= 11 is 0. The summed E-state index contributed by atoms with van der Waals surface area (Å²) in [7, 11) is 0. The van der Waals surface area contributed by atoms with Crippen LogP contribution in [0, 0.1) is 11.6 Å². The number of nitrogens with one attached hydrogen (secondary N) is 1. The van der Waals surface area contributed by atoms with Gasteiger partial charge in [0.05, 0.1) is 5.56 Å². The number of aromatic nitrogens is 2. The Kier molecular flexibility index (Phi) is 4.31. The Morgan fingerprint density at radius 1 is 1.12 bits per heavy atom. The normalized spacial score (nSPS) is 11.1. The minimum absolute atomic E-state index is 0.0195. The van der Waals surface area contributed by atoms with E-state index in [0.29, 0.717) is 11.0 Å². The van der Waals surface area contributed by atoms with E-state index in [-0.39, 0.29) is 11.6 Å². The van der Waals surface area contributed by atoms with Crippen LogP contribution in [0.5, 0.6) is 0 Å². The van der Waals surface area contributed by atoms with Gasteiger partial charge in [0.15, 0.2) is 0 Å². The smallest absolute Gasteiger partial charge is 0.297 e. The zero-order valence-corrected chi connectivity index (χ0v) is 13.6. The summed E-state index contributed by atoms with van der Waals surface area (Å²) in [5, 5.41) is 2.52. The third kappa shape index (κ3) is 3.00. The van der Waals surface area contributed by atoms with Gasteiger partial charge < -0.3 is 9.88 Å². The van der Waals surface area contributed by atoms with Crippen molar-refractivity contribution in [2.75, 3.05) is 5.32 Å². The number of amides is 1. The van der Waals surface area contributed by atoms with Crippen molar-refractivity contribution in [3.8, 4) is 0 Å². The van der Waals surface area contributed by atoms with Crippen LogP contribution in [0.4, 0.5) is 14.5 Å². The lowest BCUT2D eigenvalue weighted by molar-refractivity contribution is -0.112. The zero-order valence-electron chi connectivity index (χ0n) is 13.6. The summed E-state index contributed by atoms with van der Waals surface area (Å²) in [5.74, 6) is -3.91. The molecule has 0 spiro atoms. The molecule has 0 aliphatic carbocycles. The molecule has 1 amide bonds. The highest BCUT2D eigenvalue weighted by atomic mass is 19.1. The van der Waals surface area contributed by atoms with Crippen molar-refractivity contribution in [1.82, 2.24) is 9.55 Å². The first-order chi connectivity index (χ1) is 11.9. The van der Waals surface area contributed by atoms with Crippen LogP contribution >= 0.6 is 0 Å². The molecule has 0 bridgehead atoms. The monoisotopic (exact) mass is 343 g/mol. The maximum atomic E-state index is 13.7. The molecule has 1 aromatic carbocycles. The summed E-state index contributed by atoms with van der Waals surface area (Å²) in [5.41, 5.74) is 0.0448. The Morgan fingerprint density at radius 3 is 2.44 bits per heavy atom. The molecule has 2 aromatic heterocycles. The molecule has 3 rings (SSSR count). The average molecular weight is 343 g/mol. The van der Waals surface area contributed by atoms with Crippen molar-refractivity contribution in [3.63, 3.8) is 0 Å². The predicted octanol–water partition coefficient (Wildman–Crippen LogP) is 3.72. The van der Waals surface area contributed by atoms with E-state index in [0.717, 1.165) is 12.1 Å². The van der Waals surface area contributed by atoms with Gasteiger partial charge in [-0.25, -0.2) is 13.8 Å². The first-order valence-corrected chi connectivity index (χ1v) is 7.65. The van der Waals surface area contributed by atoms with Crippen LogP contribution in [0.1, 0.15) is 30.2 Å². The van der Waals surface area contributed by atoms with Gasteiger partial charge in [-0.15, -0.1) is 0 Å². The molecular formula is C18H15F2N3O2. The van der Waals surface area contributed by atoms with Crippen LogP contribution < -0.4 is 5.32 Å². The van der Waals surface area contributed by atoms with Crippen molar-refractivity contribution in [2.24, 2.45) is 0 Å². The lowest BCUT2D eigenvalue weighted by atomic mass is 10.1. The number of hydrogen-bond donors (Lipinski definition) is 1. The van der Waals surface area contributed by atoms with Gasteiger partial charge in [-0.2, -0.15) is 0 Å². The fourth-order valence-corrected chi connectivity index (χ4v) is 2.57. The van der Waals surface area contributed by atoms with Crippen molar-refractivity contribution in [3.05, 3.63) is 59.9 Å². The summed E-state index contributed by atoms with van der Waals surface area (Å²) in [4.78, 5) is 29.0. The van der Waals surface area contributed by atoms with E-state index in [9.17, 15) is 18.4 Å². The van der Waals surface area contributed by atoms with E-state index in [1.807, 2.05) is 19.2 Å². The number of pyridine rings is 1. The van der Waals surface area contributed by atoms with Crippen LogP contribution in [-0.2, 0) is 4.79 Å². The zero-order chi connectivity index (χ0) is 18.1. The van der Waals surface area contributed by atoms with Crippen LogP contribution in [0.25, 0.3) is 11.0 Å². The highest BCUT2D eigenvalue weighted by Crippen LogP contribution is 2.24. The minimum Gasteiger partial charge on any atom is -0.329 e. The number of carbonyl (C=O) groups is 2. The van der Waals surface area contributed by atoms with E-state index < -0.39 is 29.0 Å². The highest BCUT2D eigenvalue weighted by Gasteiger charge is 2.24. The largest absolute Gasteiger partial charge is 0.329 e. The van der Waals surface area contributed by atoms with E-state index in [1.54, 1.807) is 22.9 Å². The van der Waals surface area contributed by atoms with Crippen LogP contribution in [0.3, 0.4) is 0 Å². The van der Waals surface area contributed by atoms with Gasteiger partial charge in [-0.05, 0) is 38.1 Å². The highest BCUT2D eigenvalue weighted by molar-refractivity contribution is 6.48. The lowest BCUT2D eigenvalue weighted by Gasteiger charge is -2.07. The molecule has 0 atom stereocenters. The first kappa shape index (κ1) is 16.8. The molecule has 0 saturated carbocycles. The van der Waals surface area contributed by atoms with Gasteiger partial charge >= 0.3 is 0 Å². The standard InChI is InChI=1S/C18H15F2N3O2/c1-10(2)23-9-12(11-5-4-8-21-17(11)23)16(24)18(25)22-15-13(19)6-3-7-14(15)20/h3-10H,1-2H3,(H,22,25). The Bertz CT molecular complexity index is 959. The number of para-hydroxylation sites is 1. The molecular weight excluding hydrogens is 328 g/mol. The third-order valence-electron chi connectivity index (χ3n) is 3.80. The number of carbonyl (C=O) groups excluding carboxylic acids is 2. The number of hydrogen-bond acceptors (Lipinski definition) is 3. The Labute approximate surface area is 142 Å². The molecule has 3 aromatic rings. The van der Waals surface area contributed by atoms with E-state index >= 15 is 0 Å². The van der Waals surface area contributed by atoms with E-state index in [4.69, 9.17) is 0 Å². The number of fused-ring (bicyclic) bond motifs is 1. The van der Waals surface area contributed by atoms with E-state index in [1.165, 1.54) is 12.3 Å². The SMILES string of the molecule is CC(C)n1cc(C(=O)C(=O)Nc2c(F)cccc2F)c2cccnc21. The van der Waals surface area contributed by atoms with E-state index in [2.05, 4.69) is 4.98 Å². The number of halogens is 2. The maximum absolute atomic E-state index is 13.7. The Balaban J connectivity index is 1.98. The molecule has 7 heteroatoms. The summed E-state index contributed by atoms with van der Waals surface area (Å²) in [6.07, 6.45) is 3.12. The van der Waals surface area contributed by atoms with Crippen molar-refractivity contribution >= 4 is 28.4 Å². The second-order valence-corrected chi connectivity index (χ2v) is 5.80. The molecule has 2 heterocycles. The Hall–Kier alpha value is -3.09. The summed E-state index contributed by atoms with van der Waals surface area (Å²) < 4.78 is 29.1. The van der Waals surface area contributed by atoms with Gasteiger partial charge in [-0.3, -0.25) is 9.59 Å². The molecule has 5 nitrogen and oxygen atoms in total. The minimum atomic E-state index is -1.12. The van der Waals surface area contributed by atoms with Crippen LogP contribution in [-0.4, -0.2) is 21.2 Å². The number of benzene rings is 1.